The zero-order valence-corrected chi connectivity index (χ0v) is 15.2. The number of ether oxygens (including phenoxy) is 1. The van der Waals surface area contributed by atoms with Crippen molar-refractivity contribution in [3.63, 3.8) is 0 Å². The fourth-order valence-electron chi connectivity index (χ4n) is 5.92. The number of Topliss-reactive ketones (excluding diaryl/α,β-unsaturated/α-hetero) is 4. The minimum absolute atomic E-state index is 0.0118. The summed E-state index contributed by atoms with van der Waals surface area (Å²) < 4.78 is 5.84. The number of rotatable bonds is 0. The highest BCUT2D eigenvalue weighted by atomic mass is 16.6. The maximum atomic E-state index is 13.6. The maximum Gasteiger partial charge on any atom is 0.203 e. The molecule has 0 bridgehead atoms. The molecule has 0 radical (unpaired) electrons. The SMILES string of the molecule is C[C@]12C(=O)c3cccc(O)c3C(=O)[C@H]1C[C@@]13O[C@]12C(=O)c1c(O)cccc1C3=O. The Bertz CT molecular complexity index is 1240. The van der Waals surface area contributed by atoms with Gasteiger partial charge in [0.15, 0.2) is 28.6 Å². The van der Waals surface area contributed by atoms with Gasteiger partial charge in [0, 0.05) is 17.0 Å². The number of benzene rings is 2. The standard InChI is InChI=1S/C22H14O7/c1-20-11(16(25)14-9(17(20)26)4-2-6-12(14)23)8-21-18(27)10-5-3-7-13(24)15(10)19(28)22(20,21)29-21/h2-7,11,23-24H,8H2,1H3/t11-,20-,21+,22+/m1/s1. The first kappa shape index (κ1) is 16.6. The zero-order chi connectivity index (χ0) is 20.5. The largest absolute Gasteiger partial charge is 0.507 e. The summed E-state index contributed by atoms with van der Waals surface area (Å²) in [6.45, 7) is 1.48. The molecule has 2 N–H and O–H groups in total. The maximum absolute atomic E-state index is 13.6. The van der Waals surface area contributed by atoms with Crippen LogP contribution in [0, 0.1) is 11.3 Å². The monoisotopic (exact) mass is 390 g/mol. The second kappa shape index (κ2) is 4.46. The van der Waals surface area contributed by atoms with Crippen LogP contribution < -0.4 is 0 Å². The number of carbonyl (C=O) groups excluding carboxylic acids is 4. The van der Waals surface area contributed by atoms with E-state index in [1.54, 1.807) is 0 Å². The third kappa shape index (κ3) is 1.39. The van der Waals surface area contributed by atoms with E-state index in [4.69, 9.17) is 4.74 Å². The Kier molecular flexibility index (Phi) is 2.56. The van der Waals surface area contributed by atoms with Gasteiger partial charge in [-0.15, -0.1) is 0 Å². The molecule has 1 aliphatic heterocycles. The molecule has 2 aromatic carbocycles. The van der Waals surface area contributed by atoms with Gasteiger partial charge in [0.2, 0.25) is 5.78 Å². The molecule has 0 aromatic heterocycles. The smallest absolute Gasteiger partial charge is 0.203 e. The summed E-state index contributed by atoms with van der Waals surface area (Å²) in [6, 6.07) is 8.39. The molecule has 1 saturated heterocycles. The first-order chi connectivity index (χ1) is 13.7. The number of phenolic OH excluding ortho intramolecular Hbond substituents is 2. The van der Waals surface area contributed by atoms with Crippen molar-refractivity contribution in [3.05, 3.63) is 58.7 Å². The van der Waals surface area contributed by atoms with E-state index >= 15 is 0 Å². The minimum atomic E-state index is -1.83. The highest BCUT2D eigenvalue weighted by Gasteiger charge is 2.94. The Morgan fingerprint density at radius 1 is 0.862 bits per heavy atom. The number of hydrogen-bond acceptors (Lipinski definition) is 7. The van der Waals surface area contributed by atoms with Crippen LogP contribution in [-0.4, -0.2) is 44.5 Å². The van der Waals surface area contributed by atoms with Gasteiger partial charge < -0.3 is 14.9 Å². The number of epoxide rings is 1. The molecule has 1 saturated carbocycles. The second-order valence-electron chi connectivity index (χ2n) is 8.32. The van der Waals surface area contributed by atoms with Crippen molar-refractivity contribution in [2.75, 3.05) is 0 Å². The molecule has 4 atom stereocenters. The van der Waals surface area contributed by atoms with Crippen molar-refractivity contribution in [1.29, 1.82) is 0 Å². The molecule has 4 aliphatic rings. The molecule has 0 spiro atoms. The quantitative estimate of drug-likeness (QED) is 0.661. The Hall–Kier alpha value is -3.32. The molecule has 1 heterocycles. The van der Waals surface area contributed by atoms with Crippen molar-refractivity contribution < 1.29 is 34.1 Å². The summed E-state index contributed by atoms with van der Waals surface area (Å²) in [6.07, 6.45) is -0.123. The van der Waals surface area contributed by atoms with Gasteiger partial charge in [-0.25, -0.2) is 0 Å². The molecule has 7 heteroatoms. The van der Waals surface area contributed by atoms with Gasteiger partial charge in [-0.05, 0) is 25.5 Å². The predicted molar refractivity (Wildman–Crippen MR) is 96.3 cm³/mol. The normalized spacial score (nSPS) is 36.1. The second-order valence-corrected chi connectivity index (χ2v) is 8.32. The number of carbonyl (C=O) groups is 4. The summed E-state index contributed by atoms with van der Waals surface area (Å²) in [5.74, 6) is -3.82. The van der Waals surface area contributed by atoms with Crippen LogP contribution in [0.5, 0.6) is 11.5 Å². The molecular formula is C22H14O7. The lowest BCUT2D eigenvalue weighted by Gasteiger charge is -2.39. The number of ketones is 4. The van der Waals surface area contributed by atoms with Crippen molar-refractivity contribution >= 4 is 23.1 Å². The summed E-state index contributed by atoms with van der Waals surface area (Å²) in [5.41, 5.74) is -5.25. The van der Waals surface area contributed by atoms with E-state index in [-0.39, 0.29) is 40.2 Å². The minimum Gasteiger partial charge on any atom is -0.507 e. The van der Waals surface area contributed by atoms with Gasteiger partial charge >= 0.3 is 0 Å². The van der Waals surface area contributed by atoms with Gasteiger partial charge in [0.25, 0.3) is 0 Å². The van der Waals surface area contributed by atoms with Crippen LogP contribution in [0.25, 0.3) is 0 Å². The van der Waals surface area contributed by atoms with Crippen LogP contribution in [0.2, 0.25) is 0 Å². The Morgan fingerprint density at radius 2 is 1.45 bits per heavy atom. The Balaban J connectivity index is 1.66. The summed E-state index contributed by atoms with van der Waals surface area (Å²) in [4.78, 5) is 53.8. The number of aromatic hydroxyl groups is 2. The van der Waals surface area contributed by atoms with Crippen LogP contribution in [-0.2, 0) is 4.74 Å². The zero-order valence-electron chi connectivity index (χ0n) is 15.2. The number of fused-ring (bicyclic) bond motifs is 3. The molecule has 6 rings (SSSR count). The highest BCUT2D eigenvalue weighted by Crippen LogP contribution is 2.76. The summed E-state index contributed by atoms with van der Waals surface area (Å²) in [5, 5.41) is 20.5. The molecule has 2 fully saturated rings. The summed E-state index contributed by atoms with van der Waals surface area (Å²) >= 11 is 0. The summed E-state index contributed by atoms with van der Waals surface area (Å²) in [7, 11) is 0. The van der Waals surface area contributed by atoms with E-state index in [0.717, 1.165) is 0 Å². The van der Waals surface area contributed by atoms with Gasteiger partial charge in [-0.1, -0.05) is 24.3 Å². The molecular weight excluding hydrogens is 376 g/mol. The van der Waals surface area contributed by atoms with E-state index in [2.05, 4.69) is 0 Å². The van der Waals surface area contributed by atoms with Crippen molar-refractivity contribution in [1.82, 2.24) is 0 Å². The fraction of sp³-hybridized carbons (Fsp3) is 0.273. The van der Waals surface area contributed by atoms with Gasteiger partial charge in [-0.2, -0.15) is 0 Å². The average molecular weight is 390 g/mol. The highest BCUT2D eigenvalue weighted by molar-refractivity contribution is 6.32. The molecule has 144 valence electrons. The van der Waals surface area contributed by atoms with Crippen molar-refractivity contribution in [2.45, 2.75) is 24.5 Å². The lowest BCUT2D eigenvalue weighted by atomic mass is 9.58. The van der Waals surface area contributed by atoms with Crippen LogP contribution in [0.1, 0.15) is 54.8 Å². The lowest BCUT2D eigenvalue weighted by molar-refractivity contribution is 0.0267. The van der Waals surface area contributed by atoms with Gasteiger partial charge in [0.1, 0.15) is 11.5 Å². The van der Waals surface area contributed by atoms with E-state index in [9.17, 15) is 29.4 Å². The first-order valence-corrected chi connectivity index (χ1v) is 9.25. The lowest BCUT2D eigenvalue weighted by Crippen LogP contribution is -2.56. The van der Waals surface area contributed by atoms with Crippen LogP contribution >= 0.6 is 0 Å². The third-order valence-corrected chi connectivity index (χ3v) is 7.30. The molecule has 3 aliphatic carbocycles. The van der Waals surface area contributed by atoms with Crippen LogP contribution in [0.15, 0.2) is 36.4 Å². The van der Waals surface area contributed by atoms with Crippen molar-refractivity contribution in [3.8, 4) is 11.5 Å². The molecule has 29 heavy (non-hydrogen) atoms. The average Bonchev–Trinajstić information content (AvgIpc) is 3.34. The Morgan fingerprint density at radius 3 is 2.10 bits per heavy atom. The van der Waals surface area contributed by atoms with Crippen LogP contribution in [0.3, 0.4) is 0 Å². The van der Waals surface area contributed by atoms with Gasteiger partial charge in [0.05, 0.1) is 16.5 Å². The number of phenols is 2. The molecule has 2 aromatic rings. The van der Waals surface area contributed by atoms with Crippen molar-refractivity contribution in [2.24, 2.45) is 11.3 Å². The molecule has 0 amide bonds. The van der Waals surface area contributed by atoms with E-state index < -0.39 is 45.7 Å². The van der Waals surface area contributed by atoms with E-state index in [1.807, 2.05) is 0 Å². The Labute approximate surface area is 163 Å². The topological polar surface area (TPSA) is 121 Å². The third-order valence-electron chi connectivity index (χ3n) is 7.30. The number of hydrogen-bond donors (Lipinski definition) is 2. The molecule has 0 unspecified atom stereocenters. The van der Waals surface area contributed by atoms with E-state index in [1.165, 1.54) is 43.3 Å². The van der Waals surface area contributed by atoms with E-state index in [0.29, 0.717) is 0 Å². The van der Waals surface area contributed by atoms with Crippen LogP contribution in [0.4, 0.5) is 0 Å². The van der Waals surface area contributed by atoms with Gasteiger partial charge in [-0.3, -0.25) is 19.2 Å². The predicted octanol–water partition coefficient (Wildman–Crippen LogP) is 2.09. The first-order valence-electron chi connectivity index (χ1n) is 9.25. The molecule has 7 nitrogen and oxygen atoms in total. The fourth-order valence-corrected chi connectivity index (χ4v) is 5.92.